The summed E-state index contributed by atoms with van der Waals surface area (Å²) in [5, 5.41) is 3.00. The summed E-state index contributed by atoms with van der Waals surface area (Å²) in [6.45, 7) is 1.61. The summed E-state index contributed by atoms with van der Waals surface area (Å²) in [4.78, 5) is 12.3. The van der Waals surface area contributed by atoms with Crippen LogP contribution in [0.25, 0.3) is 0 Å². The fraction of sp³-hybridized carbons (Fsp3) is 0.444. The molecule has 1 rings (SSSR count). The molecule has 0 aliphatic carbocycles. The lowest BCUT2D eigenvalue weighted by Crippen LogP contribution is -2.33. The molecular formula is C9H12BrNOS. The maximum absolute atomic E-state index is 11.1. The van der Waals surface area contributed by atoms with Crippen molar-refractivity contribution >= 4 is 33.0 Å². The monoisotopic (exact) mass is 261 g/mol. The Balaban J connectivity index is 2.61. The molecule has 0 aliphatic rings. The van der Waals surface area contributed by atoms with Crippen LogP contribution in [0.3, 0.4) is 0 Å². The zero-order valence-corrected chi connectivity index (χ0v) is 10.0. The SMILES string of the molecule is CN[C@H](Cc1ccc(Br)s1)C(C)=O. The van der Waals surface area contributed by atoms with E-state index in [0.717, 1.165) is 10.2 Å². The number of rotatable bonds is 4. The lowest BCUT2D eigenvalue weighted by atomic mass is 10.1. The van der Waals surface area contributed by atoms with Gasteiger partial charge in [-0.15, -0.1) is 11.3 Å². The van der Waals surface area contributed by atoms with E-state index >= 15 is 0 Å². The van der Waals surface area contributed by atoms with Crippen molar-refractivity contribution in [1.29, 1.82) is 0 Å². The van der Waals surface area contributed by atoms with Crippen molar-refractivity contribution in [2.75, 3.05) is 7.05 Å². The fourth-order valence-electron chi connectivity index (χ4n) is 1.11. The Morgan fingerprint density at radius 3 is 2.77 bits per heavy atom. The maximum atomic E-state index is 11.1. The smallest absolute Gasteiger partial charge is 0.147 e. The Hall–Kier alpha value is -0.190. The van der Waals surface area contributed by atoms with Crippen molar-refractivity contribution in [3.05, 3.63) is 20.8 Å². The first-order valence-corrected chi connectivity index (χ1v) is 5.66. The van der Waals surface area contributed by atoms with Crippen molar-refractivity contribution in [3.63, 3.8) is 0 Å². The lowest BCUT2D eigenvalue weighted by Gasteiger charge is -2.10. The molecule has 72 valence electrons. The van der Waals surface area contributed by atoms with E-state index in [1.807, 2.05) is 19.2 Å². The summed E-state index contributed by atoms with van der Waals surface area (Å²) in [7, 11) is 1.81. The first-order chi connectivity index (χ1) is 6.13. The van der Waals surface area contributed by atoms with Crippen LogP contribution in [0.1, 0.15) is 11.8 Å². The average Bonchev–Trinajstić information content (AvgIpc) is 2.46. The molecule has 2 nitrogen and oxygen atoms in total. The Morgan fingerprint density at radius 2 is 2.38 bits per heavy atom. The van der Waals surface area contributed by atoms with E-state index in [2.05, 4.69) is 21.2 Å². The van der Waals surface area contributed by atoms with Crippen LogP contribution in [0, 0.1) is 0 Å². The normalized spacial score (nSPS) is 12.8. The fourth-order valence-corrected chi connectivity index (χ4v) is 2.64. The largest absolute Gasteiger partial charge is 0.310 e. The van der Waals surface area contributed by atoms with Crippen molar-refractivity contribution in [2.24, 2.45) is 0 Å². The van der Waals surface area contributed by atoms with Crippen molar-refractivity contribution in [1.82, 2.24) is 5.32 Å². The van der Waals surface area contributed by atoms with Gasteiger partial charge in [0.05, 0.1) is 9.83 Å². The second kappa shape index (κ2) is 4.88. The number of nitrogens with one attached hydrogen (secondary N) is 1. The predicted octanol–water partition coefficient (Wildman–Crippen LogP) is 2.23. The van der Waals surface area contributed by atoms with Gasteiger partial charge in [0, 0.05) is 11.3 Å². The van der Waals surface area contributed by atoms with Crippen LogP contribution in [-0.2, 0) is 11.2 Å². The highest BCUT2D eigenvalue weighted by Crippen LogP contribution is 2.23. The molecule has 1 aromatic rings. The van der Waals surface area contributed by atoms with Crippen molar-refractivity contribution in [2.45, 2.75) is 19.4 Å². The number of likely N-dealkylation sites (N-methyl/N-ethyl adjacent to an activating group) is 1. The van der Waals surface area contributed by atoms with E-state index in [1.165, 1.54) is 4.88 Å². The molecule has 0 amide bonds. The third-order valence-electron chi connectivity index (χ3n) is 1.87. The molecule has 0 unspecified atom stereocenters. The first kappa shape index (κ1) is 10.9. The van der Waals surface area contributed by atoms with Crippen LogP contribution < -0.4 is 5.32 Å². The van der Waals surface area contributed by atoms with Crippen LogP contribution in [0.4, 0.5) is 0 Å². The Bertz CT molecular complexity index is 298. The zero-order valence-electron chi connectivity index (χ0n) is 7.63. The van der Waals surface area contributed by atoms with Gasteiger partial charge in [-0.05, 0) is 42.0 Å². The van der Waals surface area contributed by atoms with Gasteiger partial charge in [-0.2, -0.15) is 0 Å². The van der Waals surface area contributed by atoms with E-state index < -0.39 is 0 Å². The van der Waals surface area contributed by atoms with Crippen molar-refractivity contribution < 1.29 is 4.79 Å². The summed E-state index contributed by atoms with van der Waals surface area (Å²) in [6.07, 6.45) is 0.780. The highest BCUT2D eigenvalue weighted by molar-refractivity contribution is 9.11. The number of hydrogen-bond acceptors (Lipinski definition) is 3. The molecular weight excluding hydrogens is 250 g/mol. The maximum Gasteiger partial charge on any atom is 0.147 e. The van der Waals surface area contributed by atoms with E-state index in [4.69, 9.17) is 0 Å². The van der Waals surface area contributed by atoms with Crippen LogP contribution in [0.2, 0.25) is 0 Å². The van der Waals surface area contributed by atoms with Gasteiger partial charge in [0.1, 0.15) is 5.78 Å². The number of Topliss-reactive ketones (excluding diaryl/α,β-unsaturated/α-hetero) is 1. The second-order valence-electron chi connectivity index (χ2n) is 2.86. The van der Waals surface area contributed by atoms with Gasteiger partial charge in [-0.25, -0.2) is 0 Å². The highest BCUT2D eigenvalue weighted by atomic mass is 79.9. The second-order valence-corrected chi connectivity index (χ2v) is 5.41. The van der Waals surface area contributed by atoms with Gasteiger partial charge in [0.15, 0.2) is 0 Å². The summed E-state index contributed by atoms with van der Waals surface area (Å²) in [5.41, 5.74) is 0. The Morgan fingerprint density at radius 1 is 1.69 bits per heavy atom. The van der Waals surface area contributed by atoms with E-state index in [9.17, 15) is 4.79 Å². The van der Waals surface area contributed by atoms with Gasteiger partial charge >= 0.3 is 0 Å². The third kappa shape index (κ3) is 3.21. The molecule has 0 saturated heterocycles. The molecule has 0 spiro atoms. The van der Waals surface area contributed by atoms with Crippen LogP contribution in [0.5, 0.6) is 0 Å². The van der Waals surface area contributed by atoms with E-state index in [-0.39, 0.29) is 11.8 Å². The summed E-state index contributed by atoms with van der Waals surface area (Å²) >= 11 is 5.07. The molecule has 13 heavy (non-hydrogen) atoms. The number of halogens is 1. The number of carbonyl (C=O) groups is 1. The molecule has 4 heteroatoms. The first-order valence-electron chi connectivity index (χ1n) is 4.05. The highest BCUT2D eigenvalue weighted by Gasteiger charge is 2.12. The number of thiophene rings is 1. The molecule has 0 fully saturated rings. The standard InChI is InChI=1S/C9H12BrNOS/c1-6(12)8(11-2)5-7-3-4-9(10)13-7/h3-4,8,11H,5H2,1-2H3/t8-/m1/s1. The molecule has 0 radical (unpaired) electrons. The zero-order chi connectivity index (χ0) is 9.84. The summed E-state index contributed by atoms with van der Waals surface area (Å²) in [5.74, 6) is 0.187. The van der Waals surface area contributed by atoms with Gasteiger partial charge < -0.3 is 5.32 Å². The molecule has 0 saturated carbocycles. The average molecular weight is 262 g/mol. The van der Waals surface area contributed by atoms with Crippen LogP contribution in [0.15, 0.2) is 15.9 Å². The molecule has 1 aromatic heterocycles. The predicted molar refractivity (Wildman–Crippen MR) is 59.3 cm³/mol. The van der Waals surface area contributed by atoms with Gasteiger partial charge in [0.25, 0.3) is 0 Å². The number of ketones is 1. The molecule has 1 atom stereocenters. The molecule has 0 aliphatic heterocycles. The Kier molecular flexibility index (Phi) is 4.09. The lowest BCUT2D eigenvalue weighted by molar-refractivity contribution is -0.118. The topological polar surface area (TPSA) is 29.1 Å². The van der Waals surface area contributed by atoms with Crippen LogP contribution >= 0.6 is 27.3 Å². The summed E-state index contributed by atoms with van der Waals surface area (Å²) in [6, 6.07) is 4.00. The number of carbonyl (C=O) groups excluding carboxylic acids is 1. The van der Waals surface area contributed by atoms with Crippen LogP contribution in [-0.4, -0.2) is 18.9 Å². The van der Waals surface area contributed by atoms with Gasteiger partial charge in [0.2, 0.25) is 0 Å². The summed E-state index contributed by atoms with van der Waals surface area (Å²) < 4.78 is 1.11. The minimum Gasteiger partial charge on any atom is -0.310 e. The van der Waals surface area contributed by atoms with Crippen molar-refractivity contribution in [3.8, 4) is 0 Å². The number of hydrogen-bond donors (Lipinski definition) is 1. The van der Waals surface area contributed by atoms with Gasteiger partial charge in [-0.3, -0.25) is 4.79 Å². The third-order valence-corrected chi connectivity index (χ3v) is 3.52. The molecule has 0 bridgehead atoms. The molecule has 1 heterocycles. The molecule has 1 N–H and O–H groups in total. The molecule has 0 aromatic carbocycles. The van der Waals surface area contributed by atoms with Gasteiger partial charge in [-0.1, -0.05) is 0 Å². The minimum atomic E-state index is -0.0504. The van der Waals surface area contributed by atoms with E-state index in [0.29, 0.717) is 0 Å². The quantitative estimate of drug-likeness (QED) is 0.901. The van der Waals surface area contributed by atoms with E-state index in [1.54, 1.807) is 18.3 Å². The minimum absolute atomic E-state index is 0.0504. The Labute approximate surface area is 90.5 Å².